The number of aliphatic hydroxyl groups is 3. The Labute approximate surface area is 415 Å². The number of ketones is 3. The molecule has 1 saturated carbocycles. The van der Waals surface area contributed by atoms with Crippen LogP contribution in [-0.2, 0) is 42.9 Å². The first-order valence-electron chi connectivity index (χ1n) is 23.5. The van der Waals surface area contributed by atoms with Gasteiger partial charge in [-0.1, -0.05) is 77.2 Å². The van der Waals surface area contributed by atoms with Crippen molar-refractivity contribution in [1.29, 1.82) is 0 Å². The molecule has 0 unspecified atom stereocenters. The van der Waals surface area contributed by atoms with Gasteiger partial charge in [-0.2, -0.15) is 0 Å². The van der Waals surface area contributed by atoms with Gasteiger partial charge in [0.1, 0.15) is 12.2 Å². The predicted molar refractivity (Wildman–Crippen MR) is 245 cm³/mol. The minimum Gasteiger partial charge on any atom is -0.548 e. The molecular formula is C51H78NNaO13. The Kier molecular flexibility index (Phi) is 25.9. The van der Waals surface area contributed by atoms with E-state index in [1.54, 1.807) is 47.1 Å². The van der Waals surface area contributed by atoms with E-state index in [9.17, 15) is 44.4 Å². The van der Waals surface area contributed by atoms with Gasteiger partial charge in [0.25, 0.3) is 11.7 Å². The van der Waals surface area contributed by atoms with E-state index in [0.717, 1.165) is 29.7 Å². The summed E-state index contributed by atoms with van der Waals surface area (Å²) in [5.74, 6) is -7.43. The molecule has 0 aromatic rings. The summed E-state index contributed by atoms with van der Waals surface area (Å²) in [6, 6.07) is -1.23. The minimum absolute atomic E-state index is 0. The number of carbonyl (C=O) groups is 5. The van der Waals surface area contributed by atoms with Gasteiger partial charge in [-0.15, -0.1) is 0 Å². The zero-order valence-electron chi connectivity index (χ0n) is 41.5. The third kappa shape index (κ3) is 17.1. The van der Waals surface area contributed by atoms with Crippen molar-refractivity contribution in [2.24, 2.45) is 35.5 Å². The second-order valence-electron chi connectivity index (χ2n) is 19.0. The standard InChI is InChI=1S/C51H79NO13.Na/c1-31(26-35(5)45(55)47(64-10)46(56)36(6)28-34(4)41(53)23-19-32(2)27-38-21-24-42(54)44(29-38)63-9)16-12-11-13-17-33(3)43(62-8)30-39-22-20-37(7)51(61,65-39)48(57)49(58)52-25-15-14-18-40(52)50(59)60;/h11-13,16-17,19,23,28,31-32,34-35,37-40,42-44,46-47,54,56,61H,14-15,18,20-22,24-27,29-30H2,1-10H3,(H,59,60);/q;+1/p-1/t31-,32+,34-,35-,37-,38+,39+,40-,42-,43+,44-,46-,47+,51-;/m1./s1. The number of carbonyl (C=O) groups excluding carboxylic acids is 5. The van der Waals surface area contributed by atoms with Gasteiger partial charge in [-0.25, -0.2) is 0 Å². The van der Waals surface area contributed by atoms with E-state index in [1.807, 2.05) is 57.2 Å². The SMILES string of the molecule is CO[C@@H](C[C@@H]1CC[C@@H](C)[C@](O)(C(=O)C(=O)N2CCCC[C@@H]2C(=O)[O-])O1)C(C)=CC=CC=C[C@@H](C)C[C@@H](C)C(=O)[C@H](OC)[C@H](O)C(C)=C[C@@H](C)C(=O)C=C[C@H](C)C[C@@H]1CC[C@@H](O)[C@H](OC)C1.[Na+]. The van der Waals surface area contributed by atoms with Crippen molar-refractivity contribution in [2.45, 2.75) is 168 Å². The molecule has 2 saturated heterocycles. The van der Waals surface area contributed by atoms with E-state index < -0.39 is 77.8 Å². The molecule has 0 radical (unpaired) electrons. The van der Waals surface area contributed by atoms with Crippen LogP contribution in [0.15, 0.2) is 59.8 Å². The van der Waals surface area contributed by atoms with E-state index in [2.05, 4.69) is 6.92 Å². The normalized spacial score (nSPS) is 28.9. The van der Waals surface area contributed by atoms with Crippen LogP contribution in [0.3, 0.4) is 0 Å². The number of allylic oxidation sites excluding steroid dienone is 8. The number of amides is 1. The quantitative estimate of drug-likeness (QED) is 0.0418. The number of nitrogens with zero attached hydrogens (tertiary/aromatic N) is 1. The van der Waals surface area contributed by atoms with Crippen molar-refractivity contribution in [1.82, 2.24) is 4.90 Å². The number of Topliss-reactive ketones (excluding diaryl/α,β-unsaturated/α-hetero) is 2. The van der Waals surface area contributed by atoms with Crippen LogP contribution in [0.1, 0.15) is 119 Å². The summed E-state index contributed by atoms with van der Waals surface area (Å²) < 4.78 is 22.6. The van der Waals surface area contributed by atoms with Gasteiger partial charge < -0.3 is 49.1 Å². The Balaban J connectivity index is 0.0000150. The Bertz CT molecular complexity index is 1760. The molecule has 3 fully saturated rings. The molecule has 0 bridgehead atoms. The fourth-order valence-corrected chi connectivity index (χ4v) is 9.47. The van der Waals surface area contributed by atoms with E-state index in [1.165, 1.54) is 7.11 Å². The molecule has 2 aliphatic heterocycles. The smallest absolute Gasteiger partial charge is 0.548 e. The van der Waals surface area contributed by atoms with Crippen molar-refractivity contribution in [3.05, 3.63) is 59.8 Å². The number of methoxy groups -OCH3 is 3. The van der Waals surface area contributed by atoms with E-state index in [4.69, 9.17) is 18.9 Å². The number of hydrogen-bond acceptors (Lipinski definition) is 13. The molecule has 1 amide bonds. The van der Waals surface area contributed by atoms with Crippen LogP contribution in [0.2, 0.25) is 0 Å². The number of ether oxygens (including phenoxy) is 4. The Morgan fingerprint density at radius 1 is 0.879 bits per heavy atom. The number of hydrogen-bond donors (Lipinski definition) is 3. The molecule has 3 aliphatic rings. The molecular weight excluding hydrogens is 858 g/mol. The van der Waals surface area contributed by atoms with Crippen molar-refractivity contribution in [3.63, 3.8) is 0 Å². The number of likely N-dealkylation sites (tertiary alicyclic amines) is 1. The molecule has 14 nitrogen and oxygen atoms in total. The van der Waals surface area contributed by atoms with Crippen molar-refractivity contribution in [3.8, 4) is 0 Å². The topological polar surface area (TPSA) is 209 Å². The summed E-state index contributed by atoms with van der Waals surface area (Å²) in [5, 5.41) is 44.4. The monoisotopic (exact) mass is 936 g/mol. The molecule has 15 heteroatoms. The Morgan fingerprint density at radius 2 is 1.58 bits per heavy atom. The van der Waals surface area contributed by atoms with Gasteiger partial charge in [0.15, 0.2) is 11.6 Å². The van der Waals surface area contributed by atoms with Gasteiger partial charge in [0.2, 0.25) is 5.79 Å². The number of piperidine rings is 1. The predicted octanol–water partition coefficient (Wildman–Crippen LogP) is 2.18. The molecule has 1 aliphatic carbocycles. The van der Waals surface area contributed by atoms with Crippen LogP contribution in [0, 0.1) is 35.5 Å². The van der Waals surface area contributed by atoms with Gasteiger partial charge in [-0.05, 0) is 113 Å². The summed E-state index contributed by atoms with van der Waals surface area (Å²) in [5.41, 5.74) is 1.34. The molecule has 14 atom stereocenters. The maximum atomic E-state index is 13.5. The van der Waals surface area contributed by atoms with Crippen molar-refractivity contribution >= 4 is 29.2 Å². The van der Waals surface area contributed by atoms with Gasteiger partial charge in [0, 0.05) is 52.0 Å². The zero-order valence-corrected chi connectivity index (χ0v) is 43.5. The maximum Gasteiger partial charge on any atom is 1.00 e. The minimum atomic E-state index is -2.40. The molecule has 3 rings (SSSR count). The van der Waals surface area contributed by atoms with Gasteiger partial charge >= 0.3 is 29.6 Å². The third-order valence-electron chi connectivity index (χ3n) is 13.7. The first-order chi connectivity index (χ1) is 30.7. The van der Waals surface area contributed by atoms with Gasteiger partial charge in [-0.3, -0.25) is 19.2 Å². The molecule has 2 heterocycles. The molecule has 0 spiro atoms. The summed E-state index contributed by atoms with van der Waals surface area (Å²) in [6.45, 7) is 12.9. The summed E-state index contributed by atoms with van der Waals surface area (Å²) >= 11 is 0. The van der Waals surface area contributed by atoms with E-state index >= 15 is 0 Å². The van der Waals surface area contributed by atoms with Crippen molar-refractivity contribution < 1.29 is 92.9 Å². The number of aliphatic carboxylic acids is 1. The summed E-state index contributed by atoms with van der Waals surface area (Å²) in [4.78, 5) is 65.8. The second kappa shape index (κ2) is 28.8. The van der Waals surface area contributed by atoms with Crippen LogP contribution >= 0.6 is 0 Å². The number of rotatable bonds is 24. The first kappa shape index (κ1) is 59.5. The number of carboxylic acid groups (broad SMARTS) is 1. The van der Waals surface area contributed by atoms with E-state index in [-0.39, 0.29) is 72.0 Å². The second-order valence-corrected chi connectivity index (χ2v) is 19.0. The number of aliphatic hydroxyl groups excluding tert-OH is 2. The summed E-state index contributed by atoms with van der Waals surface area (Å²) in [7, 11) is 4.57. The van der Waals surface area contributed by atoms with Crippen LogP contribution in [0.4, 0.5) is 0 Å². The average molecular weight is 936 g/mol. The van der Waals surface area contributed by atoms with Crippen LogP contribution < -0.4 is 34.7 Å². The fraction of sp³-hybridized carbons (Fsp3) is 0.706. The third-order valence-corrected chi connectivity index (χ3v) is 13.7. The Morgan fingerprint density at radius 3 is 2.21 bits per heavy atom. The molecule has 3 N–H and O–H groups in total. The largest absolute Gasteiger partial charge is 1.00 e. The number of carboxylic acids is 1. The molecule has 366 valence electrons. The average Bonchev–Trinajstić information content (AvgIpc) is 3.28. The fourth-order valence-electron chi connectivity index (χ4n) is 9.47. The zero-order chi connectivity index (χ0) is 48.6. The molecule has 0 aromatic carbocycles. The van der Waals surface area contributed by atoms with Crippen LogP contribution in [-0.4, -0.2) is 126 Å². The molecule has 0 aromatic heterocycles. The maximum absolute atomic E-state index is 13.5. The first-order valence-corrected chi connectivity index (χ1v) is 23.5. The van der Waals surface area contributed by atoms with Crippen molar-refractivity contribution in [2.75, 3.05) is 27.9 Å². The van der Waals surface area contributed by atoms with E-state index in [0.29, 0.717) is 56.4 Å². The summed E-state index contributed by atoms with van der Waals surface area (Å²) in [6.07, 6.45) is 17.1. The van der Waals surface area contributed by atoms with Gasteiger partial charge in [0.05, 0.1) is 36.4 Å². The van der Waals surface area contributed by atoms with Crippen LogP contribution in [0.5, 0.6) is 0 Å². The molecule has 66 heavy (non-hydrogen) atoms. The van der Waals surface area contributed by atoms with Crippen LogP contribution in [0.25, 0.3) is 0 Å². The Hall–Kier alpha value is -2.63.